The van der Waals surface area contributed by atoms with Crippen molar-refractivity contribution < 1.29 is 13.9 Å². The predicted octanol–water partition coefficient (Wildman–Crippen LogP) is 5.54. The molecule has 3 aromatic rings. The number of anilines is 1. The number of aromatic nitrogens is 4. The van der Waals surface area contributed by atoms with Gasteiger partial charge in [0.25, 0.3) is 0 Å². The summed E-state index contributed by atoms with van der Waals surface area (Å²) in [5.74, 6) is 0.0125. The quantitative estimate of drug-likeness (QED) is 0.396. The largest absolute Gasteiger partial charge is 0.507 e. The van der Waals surface area contributed by atoms with E-state index in [0.29, 0.717) is 39.8 Å². The smallest absolute Gasteiger partial charge is 0.245 e. The van der Waals surface area contributed by atoms with Crippen LogP contribution in [0.15, 0.2) is 41.7 Å². The minimum absolute atomic E-state index is 0.0180. The van der Waals surface area contributed by atoms with Gasteiger partial charge in [0, 0.05) is 34.4 Å². The van der Waals surface area contributed by atoms with Gasteiger partial charge in [0.15, 0.2) is 5.82 Å². The van der Waals surface area contributed by atoms with Crippen LogP contribution in [0.1, 0.15) is 52.4 Å². The van der Waals surface area contributed by atoms with Gasteiger partial charge in [-0.05, 0) is 82.4 Å². The van der Waals surface area contributed by atoms with E-state index in [1.165, 1.54) is 17.8 Å². The molecule has 2 saturated heterocycles. The van der Waals surface area contributed by atoms with Crippen LogP contribution in [0.5, 0.6) is 5.75 Å². The van der Waals surface area contributed by atoms with Crippen molar-refractivity contribution in [1.29, 1.82) is 0 Å². The molecule has 1 aliphatic carbocycles. The molecule has 3 aliphatic rings. The Kier molecular flexibility index (Phi) is 6.30. The van der Waals surface area contributed by atoms with Crippen molar-refractivity contribution in [3.05, 3.63) is 42.5 Å². The zero-order chi connectivity index (χ0) is 26.7. The van der Waals surface area contributed by atoms with Gasteiger partial charge in [-0.1, -0.05) is 6.07 Å². The number of hydrogen-bond donors (Lipinski definition) is 2. The van der Waals surface area contributed by atoms with Gasteiger partial charge < -0.3 is 15.3 Å². The average Bonchev–Trinajstić information content (AvgIpc) is 3.73. The van der Waals surface area contributed by atoms with E-state index in [2.05, 4.69) is 37.3 Å². The van der Waals surface area contributed by atoms with Crippen molar-refractivity contribution in [2.24, 2.45) is 0 Å². The van der Waals surface area contributed by atoms with Crippen LogP contribution in [0.4, 0.5) is 14.7 Å². The lowest BCUT2D eigenvalue weighted by Crippen LogP contribution is -2.73. The van der Waals surface area contributed by atoms with Crippen LogP contribution >= 0.6 is 11.8 Å². The summed E-state index contributed by atoms with van der Waals surface area (Å²) in [6.45, 7) is 4.20. The first kappa shape index (κ1) is 25.4. The summed E-state index contributed by atoms with van der Waals surface area (Å²) in [6.07, 6.45) is 9.44. The lowest BCUT2D eigenvalue weighted by atomic mass is 9.68. The highest BCUT2D eigenvalue weighted by molar-refractivity contribution is 7.98. The standard InChI is InChI=1S/C28H32F2N6OS/c1-27-9-4-10-28(2,35-27)24(30)22(13-27)36(18-6-7-18)26-32-15-21(33-34-26)19-8-5-16(12-23(19)37)17-11-20(29)25(38-3)31-14-17/h5,8,11-12,14-15,18,22,24,35,37H,4,6-7,9-10,13H2,1-3H3/t22-,24-,27-,28+/m0/s1. The number of rotatable bonds is 6. The van der Waals surface area contributed by atoms with Gasteiger partial charge in [0.2, 0.25) is 5.95 Å². The molecule has 3 fully saturated rings. The highest BCUT2D eigenvalue weighted by Gasteiger charge is 2.56. The number of alkyl halides is 1. The molecule has 200 valence electrons. The number of hydrogen-bond acceptors (Lipinski definition) is 8. The minimum atomic E-state index is -1.04. The number of thioether (sulfide) groups is 1. The van der Waals surface area contributed by atoms with Gasteiger partial charge >= 0.3 is 0 Å². The Morgan fingerprint density at radius 2 is 1.89 bits per heavy atom. The lowest BCUT2D eigenvalue weighted by molar-refractivity contribution is 0.0000874. The van der Waals surface area contributed by atoms with E-state index in [-0.39, 0.29) is 23.4 Å². The molecule has 38 heavy (non-hydrogen) atoms. The number of benzene rings is 1. The molecule has 0 amide bonds. The number of fused-ring (bicyclic) bond motifs is 2. The van der Waals surface area contributed by atoms with Crippen molar-refractivity contribution in [2.75, 3.05) is 11.2 Å². The van der Waals surface area contributed by atoms with Crippen LogP contribution in [0.3, 0.4) is 0 Å². The third-order valence-corrected chi connectivity index (χ3v) is 8.99. The van der Waals surface area contributed by atoms with Crippen molar-refractivity contribution in [2.45, 2.75) is 86.7 Å². The SMILES string of the molecule is CSc1ncc(-c2ccc(-c3cnc(N(C4CC4)[C@H]4C[C@]5(C)CCC[C@@](C)(N5)[C@H]4F)nn3)c(O)c2)cc1F. The zero-order valence-corrected chi connectivity index (χ0v) is 22.6. The third kappa shape index (κ3) is 4.51. The van der Waals surface area contributed by atoms with E-state index in [0.717, 1.165) is 32.1 Å². The molecule has 2 N–H and O–H groups in total. The molecule has 4 atom stereocenters. The first-order chi connectivity index (χ1) is 18.2. The van der Waals surface area contributed by atoms with E-state index in [1.807, 2.05) is 6.92 Å². The Labute approximate surface area is 225 Å². The summed E-state index contributed by atoms with van der Waals surface area (Å²) in [6, 6.07) is 6.35. The van der Waals surface area contributed by atoms with Gasteiger partial charge in [0.05, 0.1) is 12.2 Å². The molecule has 0 radical (unpaired) electrons. The van der Waals surface area contributed by atoms with Gasteiger partial charge in [-0.3, -0.25) is 0 Å². The van der Waals surface area contributed by atoms with Crippen molar-refractivity contribution in [1.82, 2.24) is 25.5 Å². The number of nitrogens with one attached hydrogen (secondary N) is 1. The van der Waals surface area contributed by atoms with Crippen molar-refractivity contribution >= 4 is 17.7 Å². The van der Waals surface area contributed by atoms with Crippen LogP contribution in [0.25, 0.3) is 22.4 Å². The molecule has 4 heterocycles. The molecule has 2 aromatic heterocycles. The number of phenolic OH excluding ortho intramolecular Hbond substituents is 1. The zero-order valence-electron chi connectivity index (χ0n) is 21.8. The number of halogens is 2. The van der Waals surface area contributed by atoms with Gasteiger partial charge in [-0.2, -0.15) is 0 Å². The summed E-state index contributed by atoms with van der Waals surface area (Å²) in [7, 11) is 0. The monoisotopic (exact) mass is 538 g/mol. The van der Waals surface area contributed by atoms with Gasteiger partial charge in [-0.25, -0.2) is 18.7 Å². The highest BCUT2D eigenvalue weighted by Crippen LogP contribution is 2.46. The van der Waals surface area contributed by atoms with E-state index < -0.39 is 17.5 Å². The van der Waals surface area contributed by atoms with Crippen LogP contribution in [0.2, 0.25) is 0 Å². The third-order valence-electron chi connectivity index (χ3n) is 8.30. The number of nitrogens with zero attached hydrogens (tertiary/aromatic N) is 5. The van der Waals surface area contributed by atoms with Crippen LogP contribution in [-0.4, -0.2) is 60.9 Å². The molecule has 2 bridgehead atoms. The Morgan fingerprint density at radius 3 is 2.55 bits per heavy atom. The number of phenols is 1. The fourth-order valence-electron chi connectivity index (χ4n) is 6.36. The number of piperidine rings is 2. The molecule has 0 spiro atoms. The molecule has 2 aliphatic heterocycles. The molecule has 1 aromatic carbocycles. The first-order valence-corrected chi connectivity index (χ1v) is 14.4. The normalized spacial score (nSPS) is 28.8. The average molecular weight is 539 g/mol. The summed E-state index contributed by atoms with van der Waals surface area (Å²) < 4.78 is 30.2. The van der Waals surface area contributed by atoms with E-state index >= 15 is 4.39 Å². The van der Waals surface area contributed by atoms with Crippen molar-refractivity contribution in [3.8, 4) is 28.1 Å². The van der Waals surface area contributed by atoms with Crippen LogP contribution < -0.4 is 10.2 Å². The molecule has 7 nitrogen and oxygen atoms in total. The van der Waals surface area contributed by atoms with Crippen LogP contribution in [-0.2, 0) is 0 Å². The lowest BCUT2D eigenvalue weighted by Gasteiger charge is -2.57. The predicted molar refractivity (Wildman–Crippen MR) is 144 cm³/mol. The molecule has 6 rings (SSSR count). The topological polar surface area (TPSA) is 87.1 Å². The second-order valence-corrected chi connectivity index (χ2v) is 12.2. The maximum Gasteiger partial charge on any atom is 0.245 e. The van der Waals surface area contributed by atoms with Crippen molar-refractivity contribution in [3.63, 3.8) is 0 Å². The van der Waals surface area contributed by atoms with Gasteiger partial charge in [0.1, 0.15) is 22.6 Å². The summed E-state index contributed by atoms with van der Waals surface area (Å²) in [5, 5.41) is 23.5. The van der Waals surface area contributed by atoms with E-state index in [9.17, 15) is 9.50 Å². The fraction of sp³-hybridized carbons (Fsp3) is 0.500. The maximum absolute atomic E-state index is 16.0. The number of pyridine rings is 1. The molecule has 1 saturated carbocycles. The fourth-order valence-corrected chi connectivity index (χ4v) is 6.77. The summed E-state index contributed by atoms with van der Waals surface area (Å²) >= 11 is 1.24. The van der Waals surface area contributed by atoms with E-state index in [4.69, 9.17) is 0 Å². The second kappa shape index (κ2) is 9.41. The minimum Gasteiger partial charge on any atom is -0.507 e. The molecule has 0 unspecified atom stereocenters. The van der Waals surface area contributed by atoms with Gasteiger partial charge in [-0.15, -0.1) is 22.0 Å². The summed E-state index contributed by atoms with van der Waals surface area (Å²) in [4.78, 5) is 10.8. The maximum atomic E-state index is 16.0. The Morgan fingerprint density at radius 1 is 1.08 bits per heavy atom. The molecular weight excluding hydrogens is 506 g/mol. The van der Waals surface area contributed by atoms with Crippen LogP contribution in [0, 0.1) is 5.82 Å². The summed E-state index contributed by atoms with van der Waals surface area (Å²) in [5.41, 5.74) is 1.41. The Bertz CT molecular complexity index is 1360. The Hall–Kier alpha value is -2.85. The number of aromatic hydroxyl groups is 1. The highest BCUT2D eigenvalue weighted by atomic mass is 32.2. The Balaban J connectivity index is 1.27. The van der Waals surface area contributed by atoms with E-state index in [1.54, 1.807) is 36.8 Å². The second-order valence-electron chi connectivity index (χ2n) is 11.4. The molecule has 10 heteroatoms. The first-order valence-electron chi connectivity index (χ1n) is 13.1. The molecular formula is C28H32F2N6OS.